The van der Waals surface area contributed by atoms with Crippen molar-refractivity contribution in [2.45, 2.75) is 13.0 Å². The van der Waals surface area contributed by atoms with Crippen LogP contribution in [-0.4, -0.2) is 38.2 Å². The van der Waals surface area contributed by atoms with Crippen molar-refractivity contribution in [1.82, 2.24) is 0 Å². The van der Waals surface area contributed by atoms with Crippen molar-refractivity contribution >= 4 is 23.5 Å². The summed E-state index contributed by atoms with van der Waals surface area (Å²) in [7, 11) is 1.26. The molecule has 148 valence electrons. The smallest absolute Gasteiger partial charge is 0.387 e. The number of amides is 1. The van der Waals surface area contributed by atoms with E-state index in [0.29, 0.717) is 16.8 Å². The molecule has 28 heavy (non-hydrogen) atoms. The lowest BCUT2D eigenvalue weighted by Gasteiger charge is -2.08. The van der Waals surface area contributed by atoms with Crippen molar-refractivity contribution < 1.29 is 37.4 Å². The Hall–Kier alpha value is -3.49. The number of carbonyl (C=O) groups excluding carboxylic acids is 3. The molecule has 0 aliphatic carbocycles. The topological polar surface area (TPSA) is 90.9 Å². The van der Waals surface area contributed by atoms with Gasteiger partial charge in [-0.2, -0.15) is 8.78 Å². The lowest BCUT2D eigenvalue weighted by molar-refractivity contribution is -0.146. The molecule has 0 saturated carbocycles. The van der Waals surface area contributed by atoms with Crippen LogP contribution in [0.3, 0.4) is 0 Å². The number of halogens is 2. The zero-order valence-electron chi connectivity index (χ0n) is 14.8. The third-order valence-electron chi connectivity index (χ3n) is 3.45. The van der Waals surface area contributed by atoms with Gasteiger partial charge in [-0.25, -0.2) is 4.79 Å². The van der Waals surface area contributed by atoms with Crippen LogP contribution >= 0.6 is 0 Å². The summed E-state index contributed by atoms with van der Waals surface area (Å²) in [5.41, 5.74) is 1.27. The van der Waals surface area contributed by atoms with Crippen molar-refractivity contribution in [3.8, 4) is 5.75 Å². The molecule has 1 N–H and O–H groups in total. The molecule has 2 aromatic carbocycles. The second-order valence-corrected chi connectivity index (χ2v) is 5.48. The summed E-state index contributed by atoms with van der Waals surface area (Å²) in [6.07, 6.45) is -0.129. The van der Waals surface area contributed by atoms with Crippen LogP contribution in [0.5, 0.6) is 5.75 Å². The van der Waals surface area contributed by atoms with Crippen molar-refractivity contribution in [3.05, 3.63) is 59.7 Å². The molecule has 0 fully saturated rings. The average molecular weight is 393 g/mol. The third kappa shape index (κ3) is 6.67. The number of anilines is 1. The van der Waals surface area contributed by atoms with Gasteiger partial charge < -0.3 is 19.5 Å². The minimum Gasteiger partial charge on any atom is -0.465 e. The molecule has 0 radical (unpaired) electrons. The van der Waals surface area contributed by atoms with E-state index >= 15 is 0 Å². The van der Waals surface area contributed by atoms with Gasteiger partial charge in [-0.15, -0.1) is 0 Å². The van der Waals surface area contributed by atoms with Crippen LogP contribution in [0.2, 0.25) is 0 Å². The summed E-state index contributed by atoms with van der Waals surface area (Å²) in [5.74, 6) is -1.73. The van der Waals surface area contributed by atoms with Gasteiger partial charge in [0.05, 0.1) is 19.1 Å². The number of carbonyl (C=O) groups is 3. The summed E-state index contributed by atoms with van der Waals surface area (Å²) >= 11 is 0. The summed E-state index contributed by atoms with van der Waals surface area (Å²) in [5, 5.41) is 2.52. The van der Waals surface area contributed by atoms with E-state index in [1.807, 2.05) is 0 Å². The number of rotatable bonds is 8. The number of methoxy groups -OCH3 is 1. The van der Waals surface area contributed by atoms with Crippen LogP contribution in [0.25, 0.3) is 0 Å². The molecule has 0 spiro atoms. The molecule has 1 amide bonds. The Labute approximate surface area is 159 Å². The van der Waals surface area contributed by atoms with Gasteiger partial charge in [0.1, 0.15) is 5.75 Å². The molecule has 0 aliphatic rings. The molecule has 9 heteroatoms. The summed E-state index contributed by atoms with van der Waals surface area (Å²) in [6, 6.07) is 11.5. The van der Waals surface area contributed by atoms with Crippen LogP contribution in [-0.2, 0) is 25.5 Å². The van der Waals surface area contributed by atoms with Gasteiger partial charge in [0, 0.05) is 5.69 Å². The average Bonchev–Trinajstić information content (AvgIpc) is 2.67. The minimum atomic E-state index is -2.93. The van der Waals surface area contributed by atoms with Gasteiger partial charge in [-0.1, -0.05) is 12.1 Å². The number of ether oxygens (including phenoxy) is 3. The second-order valence-electron chi connectivity index (χ2n) is 5.48. The largest absolute Gasteiger partial charge is 0.465 e. The normalized spacial score (nSPS) is 10.3. The molecule has 0 aliphatic heterocycles. The van der Waals surface area contributed by atoms with Gasteiger partial charge in [0.25, 0.3) is 5.91 Å². The highest BCUT2D eigenvalue weighted by molar-refractivity contribution is 5.94. The van der Waals surface area contributed by atoms with Crippen LogP contribution in [0.15, 0.2) is 48.5 Å². The van der Waals surface area contributed by atoms with E-state index in [1.165, 1.54) is 55.6 Å². The zero-order chi connectivity index (χ0) is 20.5. The van der Waals surface area contributed by atoms with Crippen molar-refractivity contribution in [1.29, 1.82) is 0 Å². The van der Waals surface area contributed by atoms with E-state index in [1.54, 1.807) is 0 Å². The first-order chi connectivity index (χ1) is 13.4. The standard InChI is InChI=1S/C19H17F2NO6/c1-26-18(25)13-4-6-14(7-5-13)22-16(23)11-27-17(24)10-12-2-8-15(9-3-12)28-19(20)21/h2-9,19H,10-11H2,1H3,(H,22,23). The van der Waals surface area contributed by atoms with Gasteiger partial charge in [0.15, 0.2) is 6.61 Å². The first kappa shape index (κ1) is 20.8. The summed E-state index contributed by atoms with van der Waals surface area (Å²) < 4.78 is 37.8. The maximum atomic E-state index is 12.1. The van der Waals surface area contributed by atoms with E-state index < -0.39 is 31.1 Å². The molecule has 0 aromatic heterocycles. The lowest BCUT2D eigenvalue weighted by atomic mass is 10.1. The van der Waals surface area contributed by atoms with E-state index in [9.17, 15) is 23.2 Å². The quantitative estimate of drug-likeness (QED) is 0.694. The molecular weight excluding hydrogens is 376 g/mol. The van der Waals surface area contributed by atoms with Crippen LogP contribution in [0, 0.1) is 0 Å². The summed E-state index contributed by atoms with van der Waals surface area (Å²) in [6.45, 7) is -3.42. The zero-order valence-corrected chi connectivity index (χ0v) is 14.8. The Morgan fingerprint density at radius 1 is 1.00 bits per heavy atom. The van der Waals surface area contributed by atoms with Gasteiger partial charge in [-0.05, 0) is 42.0 Å². The molecule has 2 rings (SSSR count). The minimum absolute atomic E-state index is 0.0234. The van der Waals surface area contributed by atoms with Crippen LogP contribution in [0.1, 0.15) is 15.9 Å². The Kier molecular flexibility index (Phi) is 7.44. The fourth-order valence-corrected chi connectivity index (χ4v) is 2.16. The number of alkyl halides is 2. The van der Waals surface area contributed by atoms with Crippen LogP contribution in [0.4, 0.5) is 14.5 Å². The Balaban J connectivity index is 1.77. The predicted molar refractivity (Wildman–Crippen MR) is 94.1 cm³/mol. The van der Waals surface area contributed by atoms with Crippen molar-refractivity contribution in [2.24, 2.45) is 0 Å². The molecule has 0 saturated heterocycles. The molecule has 0 unspecified atom stereocenters. The first-order valence-corrected chi connectivity index (χ1v) is 8.05. The Morgan fingerprint density at radius 2 is 1.64 bits per heavy atom. The van der Waals surface area contributed by atoms with Crippen molar-refractivity contribution in [3.63, 3.8) is 0 Å². The molecule has 2 aromatic rings. The number of benzene rings is 2. The van der Waals surface area contributed by atoms with E-state index in [2.05, 4.69) is 14.8 Å². The van der Waals surface area contributed by atoms with E-state index in [-0.39, 0.29) is 12.2 Å². The number of hydrogen-bond donors (Lipinski definition) is 1. The third-order valence-corrected chi connectivity index (χ3v) is 3.45. The number of esters is 2. The Morgan fingerprint density at radius 3 is 2.21 bits per heavy atom. The van der Waals surface area contributed by atoms with Crippen LogP contribution < -0.4 is 10.1 Å². The molecule has 7 nitrogen and oxygen atoms in total. The fourth-order valence-electron chi connectivity index (χ4n) is 2.16. The van der Waals surface area contributed by atoms with Gasteiger partial charge in [0.2, 0.25) is 0 Å². The predicted octanol–water partition coefficient (Wildman–Crippen LogP) is 2.80. The summed E-state index contributed by atoms with van der Waals surface area (Å²) in [4.78, 5) is 34.9. The fraction of sp³-hybridized carbons (Fsp3) is 0.211. The molecular formula is C19H17F2NO6. The maximum absolute atomic E-state index is 12.1. The number of hydrogen-bond acceptors (Lipinski definition) is 6. The SMILES string of the molecule is COC(=O)c1ccc(NC(=O)COC(=O)Cc2ccc(OC(F)F)cc2)cc1. The highest BCUT2D eigenvalue weighted by Gasteiger charge is 2.11. The van der Waals surface area contributed by atoms with E-state index in [4.69, 9.17) is 4.74 Å². The van der Waals surface area contributed by atoms with Gasteiger partial charge in [-0.3, -0.25) is 9.59 Å². The maximum Gasteiger partial charge on any atom is 0.387 e. The number of nitrogens with one attached hydrogen (secondary N) is 1. The van der Waals surface area contributed by atoms with Gasteiger partial charge >= 0.3 is 18.6 Å². The monoisotopic (exact) mass is 393 g/mol. The highest BCUT2D eigenvalue weighted by atomic mass is 19.3. The lowest BCUT2D eigenvalue weighted by Crippen LogP contribution is -2.21. The Bertz CT molecular complexity index is 821. The molecule has 0 atom stereocenters. The second kappa shape index (κ2) is 10.0. The highest BCUT2D eigenvalue weighted by Crippen LogP contribution is 2.15. The van der Waals surface area contributed by atoms with Crippen molar-refractivity contribution in [2.75, 3.05) is 19.0 Å². The first-order valence-electron chi connectivity index (χ1n) is 8.05. The molecule has 0 bridgehead atoms. The van der Waals surface area contributed by atoms with E-state index in [0.717, 1.165) is 0 Å². The molecule has 0 heterocycles.